The first kappa shape index (κ1) is 15.8. The van der Waals surface area contributed by atoms with Crippen LogP contribution in [0.2, 0.25) is 0 Å². The number of imide groups is 1. The molecule has 0 unspecified atom stereocenters. The number of rotatable bonds is 3. The van der Waals surface area contributed by atoms with E-state index in [1.54, 1.807) is 6.21 Å². The molecule has 4 aliphatic rings. The number of carbonyl (C=O) groups is 2. The zero-order valence-corrected chi connectivity index (χ0v) is 14.8. The van der Waals surface area contributed by atoms with Crippen LogP contribution in [0.4, 0.5) is 5.69 Å². The van der Waals surface area contributed by atoms with Crippen molar-refractivity contribution in [2.75, 3.05) is 18.0 Å². The van der Waals surface area contributed by atoms with E-state index < -0.39 is 0 Å². The van der Waals surface area contributed by atoms with Gasteiger partial charge in [-0.2, -0.15) is 10.1 Å². The molecule has 2 saturated heterocycles. The predicted octanol–water partition coefficient (Wildman–Crippen LogP) is 2.82. The Kier molecular flexibility index (Phi) is 3.69. The Labute approximate surface area is 153 Å². The summed E-state index contributed by atoms with van der Waals surface area (Å²) in [6.07, 6.45) is 10.6. The normalized spacial score (nSPS) is 32.9. The van der Waals surface area contributed by atoms with Gasteiger partial charge in [0.1, 0.15) is 0 Å². The Hall–Kier alpha value is -2.43. The lowest BCUT2D eigenvalue weighted by atomic mass is 9.85. The fourth-order valence-corrected chi connectivity index (χ4v) is 5.05. The van der Waals surface area contributed by atoms with Crippen molar-refractivity contribution >= 4 is 23.7 Å². The average molecular weight is 349 g/mol. The summed E-state index contributed by atoms with van der Waals surface area (Å²) < 4.78 is 0. The molecule has 5 nitrogen and oxygen atoms in total. The molecule has 1 aromatic carbocycles. The molecule has 0 radical (unpaired) electrons. The van der Waals surface area contributed by atoms with Gasteiger partial charge < -0.3 is 4.90 Å². The van der Waals surface area contributed by atoms with Crippen LogP contribution in [0.5, 0.6) is 0 Å². The molecule has 2 aliphatic heterocycles. The van der Waals surface area contributed by atoms with Crippen molar-refractivity contribution in [2.45, 2.75) is 25.7 Å². The first-order chi connectivity index (χ1) is 12.7. The highest BCUT2D eigenvalue weighted by Gasteiger charge is 2.59. The van der Waals surface area contributed by atoms with Crippen LogP contribution in [0.15, 0.2) is 41.5 Å². The molecule has 134 valence electrons. The minimum absolute atomic E-state index is 0.127. The van der Waals surface area contributed by atoms with Crippen molar-refractivity contribution in [2.24, 2.45) is 28.8 Å². The van der Waals surface area contributed by atoms with Gasteiger partial charge in [0.05, 0.1) is 18.1 Å². The van der Waals surface area contributed by atoms with E-state index in [4.69, 9.17) is 0 Å². The largest absolute Gasteiger partial charge is 0.372 e. The van der Waals surface area contributed by atoms with Gasteiger partial charge in [-0.25, -0.2) is 0 Å². The molecule has 5 heteroatoms. The van der Waals surface area contributed by atoms with Gasteiger partial charge >= 0.3 is 0 Å². The Morgan fingerprint density at radius 3 is 2.12 bits per heavy atom. The second kappa shape index (κ2) is 6.08. The molecule has 0 spiro atoms. The fraction of sp³-hybridized carbons (Fsp3) is 0.476. The lowest BCUT2D eigenvalue weighted by molar-refractivity contribution is -0.140. The molecule has 0 N–H and O–H groups in total. The number of anilines is 1. The molecule has 2 amide bonds. The highest BCUT2D eigenvalue weighted by Crippen LogP contribution is 2.52. The summed E-state index contributed by atoms with van der Waals surface area (Å²) in [5.74, 6) is -0.167. The summed E-state index contributed by atoms with van der Waals surface area (Å²) in [6.45, 7) is 2.23. The number of piperidine rings is 1. The third-order valence-electron chi connectivity index (χ3n) is 6.38. The summed E-state index contributed by atoms with van der Waals surface area (Å²) in [4.78, 5) is 27.6. The maximum Gasteiger partial charge on any atom is 0.254 e. The summed E-state index contributed by atoms with van der Waals surface area (Å²) >= 11 is 0. The van der Waals surface area contributed by atoms with Gasteiger partial charge in [0.2, 0.25) is 0 Å². The minimum atomic E-state index is -0.184. The number of carbonyl (C=O) groups excluding carboxylic acids is 2. The molecular weight excluding hydrogens is 326 g/mol. The van der Waals surface area contributed by atoms with Gasteiger partial charge in [0.15, 0.2) is 0 Å². The van der Waals surface area contributed by atoms with Crippen LogP contribution in [0.3, 0.4) is 0 Å². The summed E-state index contributed by atoms with van der Waals surface area (Å²) in [6, 6.07) is 8.20. The molecular formula is C21H23N3O2. The first-order valence-electron chi connectivity index (χ1n) is 9.67. The van der Waals surface area contributed by atoms with E-state index in [-0.39, 0.29) is 35.5 Å². The molecule has 1 saturated carbocycles. The first-order valence-corrected chi connectivity index (χ1v) is 9.67. The number of hydrazone groups is 1. The van der Waals surface area contributed by atoms with Gasteiger partial charge in [-0.1, -0.05) is 24.3 Å². The summed E-state index contributed by atoms with van der Waals surface area (Å²) in [5.41, 5.74) is 2.14. The maximum atomic E-state index is 12.6. The van der Waals surface area contributed by atoms with Crippen LogP contribution < -0.4 is 4.90 Å². The van der Waals surface area contributed by atoms with Crippen molar-refractivity contribution in [3.63, 3.8) is 0 Å². The molecule has 0 aromatic heterocycles. The van der Waals surface area contributed by atoms with E-state index in [1.807, 2.05) is 12.1 Å². The van der Waals surface area contributed by atoms with Crippen LogP contribution >= 0.6 is 0 Å². The van der Waals surface area contributed by atoms with Gasteiger partial charge in [0.25, 0.3) is 11.8 Å². The van der Waals surface area contributed by atoms with Crippen molar-refractivity contribution < 1.29 is 9.59 Å². The molecule has 2 heterocycles. The van der Waals surface area contributed by atoms with Gasteiger partial charge in [0, 0.05) is 18.8 Å². The summed E-state index contributed by atoms with van der Waals surface area (Å²) in [7, 11) is 0. The topological polar surface area (TPSA) is 53.0 Å². The number of benzene rings is 1. The lowest BCUT2D eigenvalue weighted by Gasteiger charge is -2.28. The fourth-order valence-electron chi connectivity index (χ4n) is 5.05. The third kappa shape index (κ3) is 2.41. The van der Waals surface area contributed by atoms with E-state index in [0.29, 0.717) is 0 Å². The second-order valence-electron chi connectivity index (χ2n) is 7.87. The Morgan fingerprint density at radius 1 is 0.885 bits per heavy atom. The molecule has 1 aromatic rings. The number of allylic oxidation sites excluding steroid dienone is 2. The van der Waals surface area contributed by atoms with Gasteiger partial charge in [-0.15, -0.1) is 0 Å². The van der Waals surface area contributed by atoms with Crippen molar-refractivity contribution in [1.82, 2.24) is 5.01 Å². The molecule has 4 atom stereocenters. The number of nitrogens with zero attached hydrogens (tertiary/aromatic N) is 3. The van der Waals surface area contributed by atoms with Crippen molar-refractivity contribution in [3.05, 3.63) is 42.0 Å². The van der Waals surface area contributed by atoms with Gasteiger partial charge in [-0.05, 0) is 55.2 Å². The predicted molar refractivity (Wildman–Crippen MR) is 99.7 cm³/mol. The third-order valence-corrected chi connectivity index (χ3v) is 6.38. The maximum absolute atomic E-state index is 12.6. The van der Waals surface area contributed by atoms with E-state index in [0.717, 1.165) is 30.1 Å². The zero-order valence-electron chi connectivity index (χ0n) is 14.8. The second-order valence-corrected chi connectivity index (χ2v) is 7.87. The lowest BCUT2D eigenvalue weighted by Crippen LogP contribution is -2.29. The number of amides is 2. The van der Waals surface area contributed by atoms with Crippen LogP contribution in [-0.2, 0) is 9.59 Å². The van der Waals surface area contributed by atoms with Crippen LogP contribution in [0.1, 0.15) is 31.2 Å². The Bertz CT molecular complexity index is 762. The van der Waals surface area contributed by atoms with Gasteiger partial charge in [-0.3, -0.25) is 9.59 Å². The number of hydrogen-bond acceptors (Lipinski definition) is 4. The highest BCUT2D eigenvalue weighted by atomic mass is 16.2. The smallest absolute Gasteiger partial charge is 0.254 e. The van der Waals surface area contributed by atoms with E-state index in [2.05, 4.69) is 34.3 Å². The highest BCUT2D eigenvalue weighted by molar-refractivity contribution is 6.06. The standard InChI is InChI=1S/C21H23N3O2/c25-20-18-15-6-7-16(12-15)19(18)21(26)24(20)22-13-14-4-8-17(9-5-14)23-10-2-1-3-11-23/h4-9,13,15-16,18-19H,1-3,10-12H2/t15-,16-,18-,19+/m0/s1. The monoisotopic (exact) mass is 349 g/mol. The van der Waals surface area contributed by atoms with Crippen LogP contribution in [0.25, 0.3) is 0 Å². The minimum Gasteiger partial charge on any atom is -0.372 e. The Balaban J connectivity index is 1.30. The Morgan fingerprint density at radius 2 is 1.50 bits per heavy atom. The van der Waals surface area contributed by atoms with E-state index in [1.165, 1.54) is 24.9 Å². The van der Waals surface area contributed by atoms with Crippen molar-refractivity contribution in [1.29, 1.82) is 0 Å². The number of fused-ring (bicyclic) bond motifs is 5. The number of hydrogen-bond donors (Lipinski definition) is 0. The molecule has 26 heavy (non-hydrogen) atoms. The molecule has 2 bridgehead atoms. The summed E-state index contributed by atoms with van der Waals surface area (Å²) in [5, 5.41) is 5.36. The molecule has 5 rings (SSSR count). The zero-order chi connectivity index (χ0) is 17.7. The SMILES string of the molecule is O=C1[C@@H]2[C@H](C(=O)N1N=Cc1ccc(N3CCCCC3)cc1)[C@H]1C=C[C@H]2C1. The average Bonchev–Trinajstić information content (AvgIpc) is 3.36. The molecule has 3 fully saturated rings. The van der Waals surface area contributed by atoms with Crippen LogP contribution in [0, 0.1) is 23.7 Å². The van der Waals surface area contributed by atoms with E-state index >= 15 is 0 Å². The van der Waals surface area contributed by atoms with Crippen LogP contribution in [-0.4, -0.2) is 36.1 Å². The quantitative estimate of drug-likeness (QED) is 0.479. The van der Waals surface area contributed by atoms with Crippen molar-refractivity contribution in [3.8, 4) is 0 Å². The molecule has 2 aliphatic carbocycles. The van der Waals surface area contributed by atoms with E-state index in [9.17, 15) is 9.59 Å².